The summed E-state index contributed by atoms with van der Waals surface area (Å²) in [6.07, 6.45) is 2.57. The zero-order valence-corrected chi connectivity index (χ0v) is 18.2. The number of rotatable bonds is 5. The van der Waals surface area contributed by atoms with Gasteiger partial charge in [-0.15, -0.1) is 0 Å². The Morgan fingerprint density at radius 2 is 1.94 bits per heavy atom. The Kier molecular flexibility index (Phi) is 5.64. The van der Waals surface area contributed by atoms with Crippen LogP contribution in [0.2, 0.25) is 0 Å². The van der Waals surface area contributed by atoms with E-state index in [1.165, 1.54) is 12.1 Å². The van der Waals surface area contributed by atoms with Crippen LogP contribution >= 0.6 is 0 Å². The normalized spacial score (nSPS) is 15.7. The third-order valence-corrected chi connectivity index (χ3v) is 5.97. The highest BCUT2D eigenvalue weighted by atomic mass is 19.1. The maximum absolute atomic E-state index is 13.1. The number of pyridine rings is 1. The lowest BCUT2D eigenvalue weighted by Crippen LogP contribution is -2.38. The SMILES string of the molecule is COc1ccc(-c2nc3cccnc3n2C2CCN(C(=O)NCc3ccc(F)cc3)C2)cc1. The van der Waals surface area contributed by atoms with Gasteiger partial charge in [-0.05, 0) is 60.5 Å². The molecule has 4 aromatic rings. The maximum Gasteiger partial charge on any atom is 0.317 e. The van der Waals surface area contributed by atoms with Crippen molar-refractivity contribution in [3.05, 3.63) is 78.2 Å². The van der Waals surface area contributed by atoms with E-state index in [2.05, 4.69) is 14.9 Å². The molecule has 3 heterocycles. The predicted octanol–water partition coefficient (Wildman–Crippen LogP) is 4.40. The Morgan fingerprint density at radius 1 is 1.15 bits per heavy atom. The molecule has 1 saturated heterocycles. The van der Waals surface area contributed by atoms with E-state index in [1.807, 2.05) is 36.4 Å². The van der Waals surface area contributed by atoms with Crippen LogP contribution < -0.4 is 10.1 Å². The second kappa shape index (κ2) is 8.90. The molecule has 168 valence electrons. The average molecular weight is 445 g/mol. The van der Waals surface area contributed by atoms with Gasteiger partial charge in [0.05, 0.1) is 13.2 Å². The van der Waals surface area contributed by atoms with Gasteiger partial charge in [0.2, 0.25) is 0 Å². The fourth-order valence-electron chi connectivity index (χ4n) is 4.25. The molecule has 1 unspecified atom stereocenters. The number of amides is 2. The number of carbonyl (C=O) groups excluding carboxylic acids is 1. The first-order valence-electron chi connectivity index (χ1n) is 10.9. The van der Waals surface area contributed by atoms with Crippen molar-refractivity contribution < 1.29 is 13.9 Å². The van der Waals surface area contributed by atoms with E-state index < -0.39 is 0 Å². The molecule has 2 aromatic heterocycles. The number of likely N-dealkylation sites (tertiary alicyclic amines) is 1. The molecular weight excluding hydrogens is 421 g/mol. The Bertz CT molecular complexity index is 1270. The number of hydrogen-bond acceptors (Lipinski definition) is 4. The van der Waals surface area contributed by atoms with Crippen molar-refractivity contribution in [1.29, 1.82) is 0 Å². The molecular formula is C25H24FN5O2. The Hall–Kier alpha value is -3.94. The van der Waals surface area contributed by atoms with Gasteiger partial charge in [-0.25, -0.2) is 19.2 Å². The number of methoxy groups -OCH3 is 1. The number of nitrogens with zero attached hydrogens (tertiary/aromatic N) is 4. The van der Waals surface area contributed by atoms with Crippen LogP contribution in [0.4, 0.5) is 9.18 Å². The number of carbonyl (C=O) groups is 1. The van der Waals surface area contributed by atoms with Gasteiger partial charge in [-0.2, -0.15) is 0 Å². The number of nitrogens with one attached hydrogen (secondary N) is 1. The molecule has 1 aliphatic rings. The first-order valence-corrected chi connectivity index (χ1v) is 10.9. The minimum Gasteiger partial charge on any atom is -0.497 e. The van der Waals surface area contributed by atoms with Crippen LogP contribution in [0.1, 0.15) is 18.0 Å². The van der Waals surface area contributed by atoms with Crippen molar-refractivity contribution in [3.63, 3.8) is 0 Å². The van der Waals surface area contributed by atoms with E-state index in [0.717, 1.165) is 40.3 Å². The van der Waals surface area contributed by atoms with Crippen molar-refractivity contribution in [3.8, 4) is 17.1 Å². The molecule has 0 spiro atoms. The Labute approximate surface area is 190 Å². The predicted molar refractivity (Wildman–Crippen MR) is 123 cm³/mol. The Balaban J connectivity index is 1.36. The van der Waals surface area contributed by atoms with E-state index >= 15 is 0 Å². The first-order chi connectivity index (χ1) is 16.1. The monoisotopic (exact) mass is 445 g/mol. The molecule has 2 aromatic carbocycles. The minimum atomic E-state index is -0.290. The number of halogens is 1. The maximum atomic E-state index is 13.1. The smallest absolute Gasteiger partial charge is 0.317 e. The van der Waals surface area contributed by atoms with E-state index in [-0.39, 0.29) is 17.9 Å². The molecule has 33 heavy (non-hydrogen) atoms. The fourth-order valence-corrected chi connectivity index (χ4v) is 4.25. The van der Waals surface area contributed by atoms with Gasteiger partial charge in [0, 0.05) is 31.4 Å². The minimum absolute atomic E-state index is 0.0542. The van der Waals surface area contributed by atoms with Crippen LogP contribution in [-0.4, -0.2) is 45.7 Å². The number of fused-ring (bicyclic) bond motifs is 1. The van der Waals surface area contributed by atoms with Crippen molar-refractivity contribution in [2.24, 2.45) is 0 Å². The van der Waals surface area contributed by atoms with Crippen LogP contribution in [0.25, 0.3) is 22.6 Å². The quantitative estimate of drug-likeness (QED) is 0.494. The van der Waals surface area contributed by atoms with E-state index in [9.17, 15) is 9.18 Å². The van der Waals surface area contributed by atoms with Gasteiger partial charge < -0.3 is 19.5 Å². The number of aromatic nitrogens is 3. The topological polar surface area (TPSA) is 72.3 Å². The molecule has 1 aliphatic heterocycles. The Morgan fingerprint density at radius 3 is 2.70 bits per heavy atom. The molecule has 0 radical (unpaired) electrons. The van der Waals surface area contributed by atoms with Crippen LogP contribution in [0.5, 0.6) is 5.75 Å². The first kappa shape index (κ1) is 20.9. The molecule has 8 heteroatoms. The zero-order valence-electron chi connectivity index (χ0n) is 18.2. The van der Waals surface area contributed by atoms with Crippen molar-refractivity contribution in [1.82, 2.24) is 24.8 Å². The summed E-state index contributed by atoms with van der Waals surface area (Å²) in [4.78, 5) is 24.0. The number of urea groups is 1. The average Bonchev–Trinajstić information content (AvgIpc) is 3.48. The van der Waals surface area contributed by atoms with E-state index in [1.54, 1.807) is 30.3 Å². The van der Waals surface area contributed by atoms with Gasteiger partial charge >= 0.3 is 6.03 Å². The lowest BCUT2D eigenvalue weighted by atomic mass is 10.2. The fraction of sp³-hybridized carbons (Fsp3) is 0.240. The lowest BCUT2D eigenvalue weighted by molar-refractivity contribution is 0.207. The highest BCUT2D eigenvalue weighted by molar-refractivity contribution is 5.78. The number of hydrogen-bond donors (Lipinski definition) is 1. The van der Waals surface area contributed by atoms with Crippen molar-refractivity contribution in [2.75, 3.05) is 20.2 Å². The molecule has 2 amide bonds. The van der Waals surface area contributed by atoms with Crippen LogP contribution in [0.15, 0.2) is 66.9 Å². The van der Waals surface area contributed by atoms with Crippen molar-refractivity contribution in [2.45, 2.75) is 19.0 Å². The summed E-state index contributed by atoms with van der Waals surface area (Å²) in [6, 6.07) is 17.7. The highest BCUT2D eigenvalue weighted by Gasteiger charge is 2.30. The van der Waals surface area contributed by atoms with Crippen LogP contribution in [-0.2, 0) is 6.54 Å². The second-order valence-electron chi connectivity index (χ2n) is 8.05. The summed E-state index contributed by atoms with van der Waals surface area (Å²) in [5.41, 5.74) is 3.45. The summed E-state index contributed by atoms with van der Waals surface area (Å²) in [5.74, 6) is 1.32. The lowest BCUT2D eigenvalue weighted by Gasteiger charge is -2.19. The number of imidazole rings is 1. The largest absolute Gasteiger partial charge is 0.497 e. The number of ether oxygens (including phenoxy) is 1. The summed E-state index contributed by atoms with van der Waals surface area (Å²) < 4.78 is 20.5. The summed E-state index contributed by atoms with van der Waals surface area (Å²) in [7, 11) is 1.64. The van der Waals surface area contributed by atoms with Gasteiger partial charge in [0.1, 0.15) is 22.9 Å². The molecule has 1 N–H and O–H groups in total. The molecule has 0 aliphatic carbocycles. The standard InChI is InChI=1S/C25H24FN5O2/c1-33-21-10-6-18(7-11-21)23-29-22-3-2-13-27-24(22)31(23)20-12-14-30(16-20)25(32)28-15-17-4-8-19(26)9-5-17/h2-11,13,20H,12,14-16H2,1H3,(H,28,32). The van der Waals surface area contributed by atoms with E-state index in [0.29, 0.717) is 19.6 Å². The molecule has 1 atom stereocenters. The highest BCUT2D eigenvalue weighted by Crippen LogP contribution is 2.32. The van der Waals surface area contributed by atoms with Gasteiger partial charge in [-0.1, -0.05) is 12.1 Å². The summed E-state index contributed by atoms with van der Waals surface area (Å²) in [5, 5.41) is 2.93. The molecule has 1 fully saturated rings. The van der Waals surface area contributed by atoms with Gasteiger partial charge in [0.25, 0.3) is 0 Å². The van der Waals surface area contributed by atoms with Crippen molar-refractivity contribution >= 4 is 17.2 Å². The van der Waals surface area contributed by atoms with E-state index in [4.69, 9.17) is 9.72 Å². The second-order valence-corrected chi connectivity index (χ2v) is 8.05. The summed E-state index contributed by atoms with van der Waals surface area (Å²) >= 11 is 0. The van der Waals surface area contributed by atoms with Gasteiger partial charge in [-0.3, -0.25) is 0 Å². The van der Waals surface area contributed by atoms with Crippen LogP contribution in [0.3, 0.4) is 0 Å². The summed E-state index contributed by atoms with van der Waals surface area (Å²) in [6.45, 7) is 1.54. The third kappa shape index (κ3) is 4.24. The molecule has 0 bridgehead atoms. The molecule has 0 saturated carbocycles. The van der Waals surface area contributed by atoms with Crippen LogP contribution in [0, 0.1) is 5.82 Å². The molecule has 5 rings (SSSR count). The zero-order chi connectivity index (χ0) is 22.8. The van der Waals surface area contributed by atoms with Gasteiger partial charge in [0.15, 0.2) is 5.65 Å². The molecule has 7 nitrogen and oxygen atoms in total. The third-order valence-electron chi connectivity index (χ3n) is 5.97. The number of benzene rings is 2.